The number of carbonyl (C=O) groups is 1. The number of hydrogen-bond acceptors (Lipinski definition) is 6. The number of H-pyrrole nitrogens is 1. The zero-order chi connectivity index (χ0) is 15.0. The Bertz CT molecular complexity index is 830. The highest BCUT2D eigenvalue weighted by molar-refractivity contribution is 5.95. The van der Waals surface area contributed by atoms with Crippen molar-refractivity contribution in [3.8, 4) is 11.3 Å². The smallest absolute Gasteiger partial charge is 0.341 e. The number of aromatic nitrogens is 6. The lowest BCUT2D eigenvalue weighted by Gasteiger charge is -2.10. The lowest BCUT2D eigenvalue weighted by molar-refractivity contribution is 0.0600. The number of fused-ring (bicyclic) bond motifs is 1. The molecule has 0 saturated carbocycles. The molecule has 21 heavy (non-hydrogen) atoms. The third-order valence-electron chi connectivity index (χ3n) is 2.99. The highest BCUT2D eigenvalue weighted by atomic mass is 16.5. The summed E-state index contributed by atoms with van der Waals surface area (Å²) in [5.41, 5.74) is 0.452. The minimum absolute atomic E-state index is 0.212. The number of nitrogens with one attached hydrogen (secondary N) is 1. The van der Waals surface area contributed by atoms with E-state index in [9.17, 15) is 9.59 Å². The first-order valence-electron chi connectivity index (χ1n) is 6.09. The highest BCUT2D eigenvalue weighted by Crippen LogP contribution is 2.20. The number of carbonyl (C=O) groups excluding carboxylic acids is 1. The van der Waals surface area contributed by atoms with Crippen LogP contribution in [0.25, 0.3) is 11.3 Å². The lowest BCUT2D eigenvalue weighted by Crippen LogP contribution is -2.13. The molecule has 9 heteroatoms. The van der Waals surface area contributed by atoms with Crippen LogP contribution in [-0.4, -0.2) is 42.6 Å². The summed E-state index contributed by atoms with van der Waals surface area (Å²) in [6, 6.07) is 0. The Balaban J connectivity index is 2.10. The van der Waals surface area contributed by atoms with E-state index in [0.717, 1.165) is 0 Å². The molecule has 0 aromatic carbocycles. The van der Waals surface area contributed by atoms with Gasteiger partial charge in [0.05, 0.1) is 19.2 Å². The van der Waals surface area contributed by atoms with E-state index in [4.69, 9.17) is 4.74 Å². The quantitative estimate of drug-likeness (QED) is 0.659. The van der Waals surface area contributed by atoms with Crippen molar-refractivity contribution in [1.82, 2.24) is 29.5 Å². The maximum absolute atomic E-state index is 11.8. The van der Waals surface area contributed by atoms with Crippen molar-refractivity contribution in [1.29, 1.82) is 0 Å². The van der Waals surface area contributed by atoms with Crippen LogP contribution < -0.4 is 5.56 Å². The van der Waals surface area contributed by atoms with Crippen LogP contribution in [0.2, 0.25) is 0 Å². The van der Waals surface area contributed by atoms with Crippen molar-refractivity contribution in [3.05, 3.63) is 40.5 Å². The Hall–Kier alpha value is -2.97. The van der Waals surface area contributed by atoms with E-state index in [1.807, 2.05) is 0 Å². The summed E-state index contributed by atoms with van der Waals surface area (Å²) in [6.07, 6.45) is 4.74. The standard InChI is InChI=1S/C12H12N6O3/c1-17-6-13-9(16-17)5-18-3-7-10(14-15-11(7)19)8(4-18)12(20)21-2/h3-4,6H,5H2,1-2H3,(H,15,19). The van der Waals surface area contributed by atoms with Gasteiger partial charge in [-0.3, -0.25) is 9.48 Å². The average Bonchev–Trinajstić information content (AvgIpc) is 3.04. The molecule has 0 amide bonds. The Morgan fingerprint density at radius 1 is 1.43 bits per heavy atom. The normalized spacial score (nSPS) is 11.0. The van der Waals surface area contributed by atoms with Crippen molar-refractivity contribution < 1.29 is 9.53 Å². The number of aromatic amines is 1. The first-order valence-corrected chi connectivity index (χ1v) is 6.09. The molecule has 0 saturated heterocycles. The highest BCUT2D eigenvalue weighted by Gasteiger charge is 2.22. The van der Waals surface area contributed by atoms with Gasteiger partial charge in [-0.25, -0.2) is 14.9 Å². The molecule has 2 aliphatic heterocycles. The van der Waals surface area contributed by atoms with Crippen molar-refractivity contribution in [2.24, 2.45) is 7.05 Å². The number of nitrogens with zero attached hydrogens (tertiary/aromatic N) is 5. The van der Waals surface area contributed by atoms with E-state index < -0.39 is 5.97 Å². The van der Waals surface area contributed by atoms with Crippen LogP contribution in [0, 0.1) is 0 Å². The van der Waals surface area contributed by atoms with Gasteiger partial charge in [0.2, 0.25) is 0 Å². The molecule has 0 fully saturated rings. The summed E-state index contributed by atoms with van der Waals surface area (Å²) in [5.74, 6) is 0.00318. The number of ether oxygens (including phenoxy) is 1. The van der Waals surface area contributed by atoms with Gasteiger partial charge in [-0.1, -0.05) is 0 Å². The van der Waals surface area contributed by atoms with Crippen LogP contribution in [0.1, 0.15) is 16.2 Å². The SMILES string of the molecule is COC(=O)c1cn(Cc2ncn(C)n2)cc2c(=O)[nH]nc1-2. The van der Waals surface area contributed by atoms with Gasteiger partial charge in [-0.05, 0) is 0 Å². The number of hydrogen-bond donors (Lipinski definition) is 1. The van der Waals surface area contributed by atoms with Gasteiger partial charge in [0.15, 0.2) is 5.82 Å². The van der Waals surface area contributed by atoms with Crippen molar-refractivity contribution >= 4 is 5.97 Å². The Morgan fingerprint density at radius 3 is 2.90 bits per heavy atom. The molecule has 3 rings (SSSR count). The summed E-state index contributed by atoms with van der Waals surface area (Å²) in [7, 11) is 3.03. The maximum Gasteiger partial charge on any atom is 0.341 e. The third-order valence-corrected chi connectivity index (χ3v) is 2.99. The van der Waals surface area contributed by atoms with E-state index in [1.54, 1.807) is 35.0 Å². The Morgan fingerprint density at radius 2 is 2.24 bits per heavy atom. The Labute approximate surface area is 118 Å². The molecular weight excluding hydrogens is 276 g/mol. The molecule has 1 aromatic rings. The number of pyridine rings is 1. The second-order valence-corrected chi connectivity index (χ2v) is 4.49. The van der Waals surface area contributed by atoms with Crippen molar-refractivity contribution in [2.45, 2.75) is 6.54 Å². The van der Waals surface area contributed by atoms with Gasteiger partial charge >= 0.3 is 5.97 Å². The van der Waals surface area contributed by atoms with E-state index >= 15 is 0 Å². The largest absolute Gasteiger partial charge is 0.465 e. The zero-order valence-corrected chi connectivity index (χ0v) is 11.4. The van der Waals surface area contributed by atoms with Gasteiger partial charge in [-0.2, -0.15) is 10.2 Å². The van der Waals surface area contributed by atoms with Gasteiger partial charge in [0.25, 0.3) is 5.56 Å². The monoisotopic (exact) mass is 288 g/mol. The number of esters is 1. The summed E-state index contributed by atoms with van der Waals surface area (Å²) in [4.78, 5) is 27.7. The van der Waals surface area contributed by atoms with Gasteiger partial charge in [-0.15, -0.1) is 0 Å². The second-order valence-electron chi connectivity index (χ2n) is 4.49. The van der Waals surface area contributed by atoms with Crippen LogP contribution in [-0.2, 0) is 18.3 Å². The lowest BCUT2D eigenvalue weighted by atomic mass is 10.1. The summed E-state index contributed by atoms with van der Waals surface area (Å²) < 4.78 is 7.95. The Kier molecular flexibility index (Phi) is 3.01. The number of aryl methyl sites for hydroxylation is 1. The van der Waals surface area contributed by atoms with Crippen LogP contribution in [0.5, 0.6) is 0 Å². The first-order chi connectivity index (χ1) is 10.1. The fraction of sp³-hybridized carbons (Fsp3) is 0.250. The zero-order valence-electron chi connectivity index (χ0n) is 11.4. The molecule has 1 N–H and O–H groups in total. The third kappa shape index (κ3) is 2.29. The van der Waals surface area contributed by atoms with Gasteiger partial charge in [0, 0.05) is 19.4 Å². The van der Waals surface area contributed by atoms with Crippen LogP contribution in [0.3, 0.4) is 0 Å². The number of rotatable bonds is 3. The van der Waals surface area contributed by atoms with Crippen molar-refractivity contribution in [2.75, 3.05) is 7.11 Å². The first kappa shape index (κ1) is 13.0. The van der Waals surface area contributed by atoms with Crippen LogP contribution in [0.4, 0.5) is 0 Å². The summed E-state index contributed by atoms with van der Waals surface area (Å²) in [6.45, 7) is 0.325. The molecule has 0 unspecified atom stereocenters. The van der Waals surface area contributed by atoms with Gasteiger partial charge < -0.3 is 9.30 Å². The molecule has 1 aromatic heterocycles. The molecule has 0 radical (unpaired) electrons. The van der Waals surface area contributed by atoms with E-state index in [2.05, 4.69) is 20.3 Å². The number of methoxy groups -OCH3 is 1. The summed E-state index contributed by atoms with van der Waals surface area (Å²) >= 11 is 0. The topological polar surface area (TPSA) is 108 Å². The average molecular weight is 288 g/mol. The molecule has 0 aliphatic carbocycles. The molecule has 108 valence electrons. The minimum atomic E-state index is -0.560. The molecule has 3 heterocycles. The molecule has 0 spiro atoms. The molecule has 9 nitrogen and oxygen atoms in total. The van der Waals surface area contributed by atoms with Crippen LogP contribution >= 0.6 is 0 Å². The molecule has 0 bridgehead atoms. The van der Waals surface area contributed by atoms with E-state index in [-0.39, 0.29) is 16.8 Å². The van der Waals surface area contributed by atoms with Crippen molar-refractivity contribution in [3.63, 3.8) is 0 Å². The molecule has 0 atom stereocenters. The fourth-order valence-electron chi connectivity index (χ4n) is 2.06. The van der Waals surface area contributed by atoms with Gasteiger partial charge in [0.1, 0.15) is 17.6 Å². The second kappa shape index (κ2) is 4.85. The van der Waals surface area contributed by atoms with E-state index in [1.165, 1.54) is 7.11 Å². The van der Waals surface area contributed by atoms with Crippen LogP contribution in [0.15, 0.2) is 23.5 Å². The fourth-order valence-corrected chi connectivity index (χ4v) is 2.06. The predicted octanol–water partition coefficient (Wildman–Crippen LogP) is -0.360. The predicted molar refractivity (Wildman–Crippen MR) is 70.9 cm³/mol. The maximum atomic E-state index is 11.8. The molecular formula is C12H12N6O3. The summed E-state index contributed by atoms with van der Waals surface area (Å²) in [5, 5.41) is 10.3. The minimum Gasteiger partial charge on any atom is -0.465 e. The van der Waals surface area contributed by atoms with E-state index in [0.29, 0.717) is 17.9 Å². The molecule has 2 aliphatic rings.